The fraction of sp³-hybridized carbons (Fsp3) is 0.464. The first kappa shape index (κ1) is 28.6. The van der Waals surface area contributed by atoms with Gasteiger partial charge in [0.05, 0.1) is 7.11 Å². The molecule has 1 aliphatic rings. The third kappa shape index (κ3) is 8.29. The number of anilines is 3. The summed E-state index contributed by atoms with van der Waals surface area (Å²) in [5, 5.41) is 8.71. The van der Waals surface area contributed by atoms with Gasteiger partial charge in [0.25, 0.3) is 0 Å². The molecule has 1 fully saturated rings. The standard InChI is InChI=1S/C28H40N6O4/c1-20(2)34(27(37)31-28(3,4)5)19-25(35)29-21-7-11-23(12-8-21)32-15-17-33(18-16-32)26(36)30-22-9-13-24(38-6)14-10-22/h7-14,20H,15-19H2,1-6H3,(H,29,35)(H,30,36)(H,31,37). The van der Waals surface area contributed by atoms with Crippen LogP contribution in [0.4, 0.5) is 26.7 Å². The molecule has 0 spiro atoms. The molecule has 3 N–H and O–H groups in total. The number of benzene rings is 2. The fourth-order valence-corrected chi connectivity index (χ4v) is 4.04. The Labute approximate surface area is 225 Å². The second kappa shape index (κ2) is 12.5. The van der Waals surface area contributed by atoms with Crippen LogP contribution in [0.25, 0.3) is 0 Å². The number of nitrogens with zero attached hydrogens (tertiary/aromatic N) is 3. The van der Waals surface area contributed by atoms with Crippen LogP contribution in [0.2, 0.25) is 0 Å². The van der Waals surface area contributed by atoms with Gasteiger partial charge in [-0.15, -0.1) is 0 Å². The summed E-state index contributed by atoms with van der Waals surface area (Å²) in [5.74, 6) is 0.482. The molecular weight excluding hydrogens is 484 g/mol. The summed E-state index contributed by atoms with van der Waals surface area (Å²) in [6, 6.07) is 14.3. The van der Waals surface area contributed by atoms with Gasteiger partial charge in [0.2, 0.25) is 5.91 Å². The Morgan fingerprint density at radius 2 is 1.45 bits per heavy atom. The molecule has 10 heteroatoms. The average molecular weight is 525 g/mol. The molecule has 5 amide bonds. The first-order valence-electron chi connectivity index (χ1n) is 12.9. The molecule has 0 aromatic heterocycles. The molecule has 206 valence electrons. The topological polar surface area (TPSA) is 106 Å². The van der Waals surface area contributed by atoms with Gasteiger partial charge >= 0.3 is 12.1 Å². The molecular formula is C28H40N6O4. The van der Waals surface area contributed by atoms with Crippen molar-refractivity contribution in [2.45, 2.75) is 46.2 Å². The van der Waals surface area contributed by atoms with Crippen molar-refractivity contribution in [2.24, 2.45) is 0 Å². The Morgan fingerprint density at radius 3 is 1.97 bits per heavy atom. The minimum atomic E-state index is -0.387. The maximum absolute atomic E-state index is 12.7. The highest BCUT2D eigenvalue weighted by Gasteiger charge is 2.24. The third-order valence-corrected chi connectivity index (χ3v) is 6.10. The number of nitrogens with one attached hydrogen (secondary N) is 3. The second-order valence-corrected chi connectivity index (χ2v) is 10.6. The molecule has 10 nitrogen and oxygen atoms in total. The van der Waals surface area contributed by atoms with Gasteiger partial charge in [0, 0.05) is 54.8 Å². The SMILES string of the molecule is COc1ccc(NC(=O)N2CCN(c3ccc(NC(=O)CN(C(=O)NC(C)(C)C)C(C)C)cc3)CC2)cc1. The van der Waals surface area contributed by atoms with Crippen molar-refractivity contribution in [1.29, 1.82) is 0 Å². The largest absolute Gasteiger partial charge is 0.497 e. The van der Waals surface area contributed by atoms with E-state index in [9.17, 15) is 14.4 Å². The summed E-state index contributed by atoms with van der Waals surface area (Å²) in [4.78, 5) is 43.4. The Kier molecular flexibility index (Phi) is 9.44. The number of amides is 5. The minimum Gasteiger partial charge on any atom is -0.497 e. The summed E-state index contributed by atoms with van der Waals surface area (Å²) in [6.07, 6.45) is 0. The molecule has 0 saturated carbocycles. The van der Waals surface area contributed by atoms with E-state index in [4.69, 9.17) is 4.74 Å². The van der Waals surface area contributed by atoms with E-state index in [0.717, 1.165) is 17.1 Å². The maximum Gasteiger partial charge on any atom is 0.321 e. The molecule has 1 heterocycles. The number of hydrogen-bond acceptors (Lipinski definition) is 5. The summed E-state index contributed by atoms with van der Waals surface area (Å²) in [7, 11) is 1.61. The van der Waals surface area contributed by atoms with Crippen molar-refractivity contribution in [3.8, 4) is 5.75 Å². The fourth-order valence-electron chi connectivity index (χ4n) is 4.04. The van der Waals surface area contributed by atoms with Crippen LogP contribution in [0.1, 0.15) is 34.6 Å². The molecule has 1 saturated heterocycles. The number of hydrogen-bond donors (Lipinski definition) is 3. The lowest BCUT2D eigenvalue weighted by Crippen LogP contribution is -2.52. The Hall–Kier alpha value is -3.95. The van der Waals surface area contributed by atoms with Crippen LogP contribution >= 0.6 is 0 Å². The number of carbonyl (C=O) groups is 3. The van der Waals surface area contributed by atoms with E-state index in [2.05, 4.69) is 20.9 Å². The summed E-state index contributed by atoms with van der Waals surface area (Å²) >= 11 is 0. The molecule has 0 bridgehead atoms. The van der Waals surface area contributed by atoms with Gasteiger partial charge < -0.3 is 35.4 Å². The van der Waals surface area contributed by atoms with E-state index in [1.54, 1.807) is 12.0 Å². The van der Waals surface area contributed by atoms with Gasteiger partial charge in [0.1, 0.15) is 12.3 Å². The van der Waals surface area contributed by atoms with E-state index < -0.39 is 0 Å². The predicted molar refractivity (Wildman–Crippen MR) is 151 cm³/mol. The van der Waals surface area contributed by atoms with Crippen molar-refractivity contribution in [1.82, 2.24) is 15.1 Å². The van der Waals surface area contributed by atoms with E-state index in [1.807, 2.05) is 83.1 Å². The van der Waals surface area contributed by atoms with Gasteiger partial charge in [-0.3, -0.25) is 4.79 Å². The van der Waals surface area contributed by atoms with Gasteiger partial charge in [-0.25, -0.2) is 9.59 Å². The zero-order chi connectivity index (χ0) is 27.9. The zero-order valence-corrected chi connectivity index (χ0v) is 23.2. The Morgan fingerprint density at radius 1 is 0.895 bits per heavy atom. The molecule has 0 unspecified atom stereocenters. The van der Waals surface area contributed by atoms with E-state index in [1.165, 1.54) is 4.90 Å². The number of urea groups is 2. The van der Waals surface area contributed by atoms with E-state index in [-0.39, 0.29) is 36.1 Å². The molecule has 0 radical (unpaired) electrons. The lowest BCUT2D eigenvalue weighted by Gasteiger charge is -2.36. The highest BCUT2D eigenvalue weighted by Crippen LogP contribution is 2.21. The van der Waals surface area contributed by atoms with Crippen molar-refractivity contribution in [3.63, 3.8) is 0 Å². The smallest absolute Gasteiger partial charge is 0.321 e. The maximum atomic E-state index is 12.7. The van der Waals surface area contributed by atoms with E-state index in [0.29, 0.717) is 31.9 Å². The number of ether oxygens (including phenoxy) is 1. The summed E-state index contributed by atoms with van der Waals surface area (Å²) in [6.45, 7) is 12.0. The van der Waals surface area contributed by atoms with Crippen LogP contribution in [0, 0.1) is 0 Å². The third-order valence-electron chi connectivity index (χ3n) is 6.10. The normalized spacial score (nSPS) is 13.7. The first-order chi connectivity index (χ1) is 17.9. The van der Waals surface area contributed by atoms with Crippen LogP contribution in [-0.2, 0) is 4.79 Å². The highest BCUT2D eigenvalue weighted by molar-refractivity contribution is 5.94. The number of rotatable bonds is 7. The Bertz CT molecular complexity index is 1090. The van der Waals surface area contributed by atoms with Gasteiger partial charge in [-0.05, 0) is 83.1 Å². The lowest BCUT2D eigenvalue weighted by molar-refractivity contribution is -0.117. The van der Waals surface area contributed by atoms with Gasteiger partial charge in [-0.2, -0.15) is 0 Å². The summed E-state index contributed by atoms with van der Waals surface area (Å²) in [5.41, 5.74) is 2.02. The van der Waals surface area contributed by atoms with Crippen molar-refractivity contribution in [2.75, 3.05) is 55.4 Å². The number of carbonyl (C=O) groups excluding carboxylic acids is 3. The molecule has 2 aromatic carbocycles. The van der Waals surface area contributed by atoms with Crippen LogP contribution in [0.3, 0.4) is 0 Å². The number of piperazine rings is 1. The van der Waals surface area contributed by atoms with Crippen molar-refractivity contribution in [3.05, 3.63) is 48.5 Å². The molecule has 1 aliphatic heterocycles. The van der Waals surface area contributed by atoms with Crippen LogP contribution in [0.5, 0.6) is 5.75 Å². The zero-order valence-electron chi connectivity index (χ0n) is 23.2. The molecule has 3 rings (SSSR count). The van der Waals surface area contributed by atoms with Crippen molar-refractivity contribution < 1.29 is 19.1 Å². The molecule has 2 aromatic rings. The predicted octanol–water partition coefficient (Wildman–Crippen LogP) is 4.21. The van der Waals surface area contributed by atoms with Crippen LogP contribution < -0.4 is 25.6 Å². The molecule has 38 heavy (non-hydrogen) atoms. The molecule has 0 atom stereocenters. The lowest BCUT2D eigenvalue weighted by atomic mass is 10.1. The van der Waals surface area contributed by atoms with Gasteiger partial charge in [0.15, 0.2) is 0 Å². The molecule has 0 aliphatic carbocycles. The van der Waals surface area contributed by atoms with Gasteiger partial charge in [-0.1, -0.05) is 0 Å². The second-order valence-electron chi connectivity index (χ2n) is 10.6. The minimum absolute atomic E-state index is 0.0398. The Balaban J connectivity index is 1.48. The number of methoxy groups -OCH3 is 1. The van der Waals surface area contributed by atoms with E-state index >= 15 is 0 Å². The first-order valence-corrected chi connectivity index (χ1v) is 12.9. The monoisotopic (exact) mass is 524 g/mol. The highest BCUT2D eigenvalue weighted by atomic mass is 16.5. The van der Waals surface area contributed by atoms with Crippen LogP contribution in [0.15, 0.2) is 48.5 Å². The van der Waals surface area contributed by atoms with Crippen LogP contribution in [-0.4, -0.2) is 79.2 Å². The van der Waals surface area contributed by atoms with Crippen molar-refractivity contribution >= 4 is 35.0 Å². The average Bonchev–Trinajstić information content (AvgIpc) is 2.87. The quantitative estimate of drug-likeness (QED) is 0.503. The summed E-state index contributed by atoms with van der Waals surface area (Å²) < 4.78 is 5.15.